The van der Waals surface area contributed by atoms with Crippen LogP contribution in [0.15, 0.2) is 36.5 Å². The molecule has 0 bridgehead atoms. The van der Waals surface area contributed by atoms with Crippen molar-refractivity contribution in [1.29, 1.82) is 0 Å². The number of aromatic nitrogens is 5. The molecule has 3 heterocycles. The van der Waals surface area contributed by atoms with Crippen LogP contribution in [0.2, 0.25) is 0 Å². The molecule has 29 heavy (non-hydrogen) atoms. The SMILES string of the molecule is Cn1ccc(C2CCCN2c2nnc(COc3ccccc3O)n2CC2CC2)n1. The summed E-state index contributed by atoms with van der Waals surface area (Å²) in [6.45, 7) is 2.14. The summed E-state index contributed by atoms with van der Waals surface area (Å²) in [6.07, 6.45) is 6.67. The van der Waals surface area contributed by atoms with Crippen LogP contribution in [0.3, 0.4) is 0 Å². The van der Waals surface area contributed by atoms with Gasteiger partial charge in [0.25, 0.3) is 0 Å². The van der Waals surface area contributed by atoms with E-state index in [2.05, 4.69) is 30.8 Å². The highest BCUT2D eigenvalue weighted by Gasteiger charge is 2.33. The number of phenolic OH excluding ortho intramolecular Hbond substituents is 1. The lowest BCUT2D eigenvalue weighted by Crippen LogP contribution is -2.27. The zero-order chi connectivity index (χ0) is 19.8. The largest absolute Gasteiger partial charge is 0.504 e. The van der Waals surface area contributed by atoms with Crippen LogP contribution in [-0.4, -0.2) is 36.2 Å². The Labute approximate surface area is 169 Å². The van der Waals surface area contributed by atoms with Crippen molar-refractivity contribution in [1.82, 2.24) is 24.5 Å². The van der Waals surface area contributed by atoms with E-state index in [1.165, 1.54) is 12.8 Å². The molecule has 1 saturated heterocycles. The van der Waals surface area contributed by atoms with Crippen molar-refractivity contribution in [2.45, 2.75) is 44.9 Å². The van der Waals surface area contributed by atoms with Crippen LogP contribution >= 0.6 is 0 Å². The van der Waals surface area contributed by atoms with Crippen LogP contribution in [0.4, 0.5) is 5.95 Å². The number of hydrogen-bond acceptors (Lipinski definition) is 6. The Kier molecular flexibility index (Phi) is 4.61. The van der Waals surface area contributed by atoms with Crippen LogP contribution in [-0.2, 0) is 20.2 Å². The van der Waals surface area contributed by atoms with E-state index in [0.29, 0.717) is 11.7 Å². The lowest BCUT2D eigenvalue weighted by atomic mass is 10.1. The van der Waals surface area contributed by atoms with Crippen LogP contribution in [0.5, 0.6) is 11.5 Å². The van der Waals surface area contributed by atoms with E-state index in [1.807, 2.05) is 24.0 Å². The van der Waals surface area contributed by atoms with Crippen LogP contribution in [0, 0.1) is 5.92 Å². The number of ether oxygens (including phenoxy) is 1. The summed E-state index contributed by atoms with van der Waals surface area (Å²) in [5, 5.41) is 23.6. The molecule has 2 fully saturated rings. The maximum absolute atomic E-state index is 9.97. The second-order valence-corrected chi connectivity index (χ2v) is 7.99. The topological polar surface area (TPSA) is 81.2 Å². The normalized spacial score (nSPS) is 19.1. The fraction of sp³-hybridized carbons (Fsp3) is 0.476. The third kappa shape index (κ3) is 3.66. The zero-order valence-corrected chi connectivity index (χ0v) is 16.6. The van der Waals surface area contributed by atoms with Crippen molar-refractivity contribution in [3.8, 4) is 11.5 Å². The third-order valence-corrected chi connectivity index (χ3v) is 5.75. The average Bonchev–Trinajstić information content (AvgIpc) is 3.07. The number of phenols is 1. The fourth-order valence-corrected chi connectivity index (χ4v) is 4.04. The molecule has 1 atom stereocenters. The van der Waals surface area contributed by atoms with Crippen LogP contribution < -0.4 is 9.64 Å². The second kappa shape index (κ2) is 7.42. The molecule has 0 spiro atoms. The van der Waals surface area contributed by atoms with E-state index in [9.17, 15) is 5.11 Å². The summed E-state index contributed by atoms with van der Waals surface area (Å²) in [5.41, 5.74) is 1.08. The minimum Gasteiger partial charge on any atom is -0.504 e. The van der Waals surface area contributed by atoms with E-state index in [0.717, 1.165) is 43.4 Å². The molecule has 1 aliphatic heterocycles. The average molecular weight is 394 g/mol. The van der Waals surface area contributed by atoms with Gasteiger partial charge >= 0.3 is 0 Å². The molecule has 2 aromatic heterocycles. The van der Waals surface area contributed by atoms with Gasteiger partial charge in [-0.05, 0) is 49.8 Å². The molecule has 2 aliphatic rings. The number of anilines is 1. The van der Waals surface area contributed by atoms with Gasteiger partial charge in [-0.1, -0.05) is 12.1 Å². The zero-order valence-electron chi connectivity index (χ0n) is 16.6. The predicted molar refractivity (Wildman–Crippen MR) is 108 cm³/mol. The molecule has 152 valence electrons. The lowest BCUT2D eigenvalue weighted by molar-refractivity contribution is 0.273. The van der Waals surface area contributed by atoms with Gasteiger partial charge in [-0.15, -0.1) is 10.2 Å². The van der Waals surface area contributed by atoms with Gasteiger partial charge in [0.2, 0.25) is 5.95 Å². The molecule has 0 amide bonds. The van der Waals surface area contributed by atoms with Gasteiger partial charge in [-0.25, -0.2) is 0 Å². The summed E-state index contributed by atoms with van der Waals surface area (Å²) >= 11 is 0. The van der Waals surface area contributed by atoms with Gasteiger partial charge in [0.05, 0.1) is 11.7 Å². The van der Waals surface area contributed by atoms with E-state index >= 15 is 0 Å². The van der Waals surface area contributed by atoms with Crippen molar-refractivity contribution in [3.63, 3.8) is 0 Å². The molecule has 1 unspecified atom stereocenters. The Morgan fingerprint density at radius 1 is 1.14 bits per heavy atom. The second-order valence-electron chi connectivity index (χ2n) is 7.99. The monoisotopic (exact) mass is 394 g/mol. The molecule has 1 aromatic carbocycles. The van der Waals surface area contributed by atoms with Crippen molar-refractivity contribution >= 4 is 5.95 Å². The standard InChI is InChI=1S/C21H26N6O2/c1-25-12-10-16(24-25)17-5-4-11-26(17)21-23-22-20(27(21)13-15-8-9-15)14-29-19-7-3-2-6-18(19)28/h2-3,6-7,10,12,15,17,28H,4-5,8-9,11,13-14H2,1H3. The first kappa shape index (κ1) is 18.0. The van der Waals surface area contributed by atoms with E-state index in [4.69, 9.17) is 4.74 Å². The highest BCUT2D eigenvalue weighted by atomic mass is 16.5. The summed E-state index contributed by atoms with van der Waals surface area (Å²) in [4.78, 5) is 2.33. The Morgan fingerprint density at radius 3 is 2.76 bits per heavy atom. The van der Waals surface area contributed by atoms with Gasteiger partial charge in [0.15, 0.2) is 17.3 Å². The van der Waals surface area contributed by atoms with E-state index in [1.54, 1.807) is 18.2 Å². The maximum Gasteiger partial charge on any atom is 0.227 e. The molecule has 8 heteroatoms. The highest BCUT2D eigenvalue weighted by Crippen LogP contribution is 2.37. The first-order valence-corrected chi connectivity index (χ1v) is 10.3. The maximum atomic E-state index is 9.97. The van der Waals surface area contributed by atoms with Gasteiger partial charge in [0.1, 0.15) is 6.61 Å². The van der Waals surface area contributed by atoms with Gasteiger partial charge in [-0.2, -0.15) is 5.10 Å². The number of nitrogens with zero attached hydrogens (tertiary/aromatic N) is 6. The number of aromatic hydroxyl groups is 1. The lowest BCUT2D eigenvalue weighted by Gasteiger charge is -2.25. The summed E-state index contributed by atoms with van der Waals surface area (Å²) in [6, 6.07) is 9.32. The van der Waals surface area contributed by atoms with Gasteiger partial charge in [0, 0.05) is 26.3 Å². The quantitative estimate of drug-likeness (QED) is 0.663. The smallest absolute Gasteiger partial charge is 0.227 e. The number of hydrogen-bond donors (Lipinski definition) is 1. The third-order valence-electron chi connectivity index (χ3n) is 5.75. The molecule has 0 radical (unpaired) electrons. The van der Waals surface area contributed by atoms with Crippen LogP contribution in [0.1, 0.15) is 43.2 Å². The Morgan fingerprint density at radius 2 is 2.00 bits per heavy atom. The fourth-order valence-electron chi connectivity index (χ4n) is 4.04. The van der Waals surface area contributed by atoms with E-state index in [-0.39, 0.29) is 18.4 Å². The molecular formula is C21H26N6O2. The molecule has 5 rings (SSSR count). The Hall–Kier alpha value is -3.03. The molecule has 1 N–H and O–H groups in total. The highest BCUT2D eigenvalue weighted by molar-refractivity contribution is 5.39. The minimum absolute atomic E-state index is 0.135. The molecular weight excluding hydrogens is 368 g/mol. The van der Waals surface area contributed by atoms with Crippen molar-refractivity contribution in [3.05, 3.63) is 48.0 Å². The first-order valence-electron chi connectivity index (χ1n) is 10.3. The van der Waals surface area contributed by atoms with Crippen LogP contribution in [0.25, 0.3) is 0 Å². The minimum atomic E-state index is 0.135. The van der Waals surface area contributed by atoms with Crippen molar-refractivity contribution < 1.29 is 9.84 Å². The molecule has 8 nitrogen and oxygen atoms in total. The van der Waals surface area contributed by atoms with E-state index < -0.39 is 0 Å². The first-order chi connectivity index (χ1) is 14.2. The van der Waals surface area contributed by atoms with Gasteiger partial charge < -0.3 is 14.7 Å². The van der Waals surface area contributed by atoms with Crippen molar-refractivity contribution in [2.75, 3.05) is 11.4 Å². The molecule has 1 aliphatic carbocycles. The Bertz CT molecular complexity index is 993. The summed E-state index contributed by atoms with van der Waals surface area (Å²) in [5.74, 6) is 2.98. The number of para-hydroxylation sites is 2. The summed E-state index contributed by atoms with van der Waals surface area (Å²) < 4.78 is 9.91. The number of aryl methyl sites for hydroxylation is 1. The molecule has 1 saturated carbocycles. The van der Waals surface area contributed by atoms with Gasteiger partial charge in [-0.3, -0.25) is 9.25 Å². The number of benzene rings is 1. The summed E-state index contributed by atoms with van der Waals surface area (Å²) in [7, 11) is 1.95. The molecule has 3 aromatic rings. The Balaban J connectivity index is 1.41. The predicted octanol–water partition coefficient (Wildman–Crippen LogP) is 3.05. The number of rotatable bonds is 7. The van der Waals surface area contributed by atoms with Crippen molar-refractivity contribution in [2.24, 2.45) is 13.0 Å².